The van der Waals surface area contributed by atoms with Crippen LogP contribution in [0.2, 0.25) is 0 Å². The average molecular weight is 463 g/mol. The van der Waals surface area contributed by atoms with Crippen LogP contribution in [0, 0.1) is 18.3 Å². The van der Waals surface area contributed by atoms with Crippen LogP contribution in [0.25, 0.3) is 0 Å². The summed E-state index contributed by atoms with van der Waals surface area (Å²) in [5.41, 5.74) is 0.475. The SMILES string of the molecule is C#CCN(C(=O)c1ccc(OC)cc1Br)C(C(=O)NCCCC)C1CCCCC1. The lowest BCUT2D eigenvalue weighted by Crippen LogP contribution is -2.54. The molecule has 1 saturated carbocycles. The molecule has 0 radical (unpaired) electrons. The number of nitrogens with zero attached hydrogens (tertiary/aromatic N) is 1. The van der Waals surface area contributed by atoms with Crippen molar-refractivity contribution in [3.8, 4) is 18.1 Å². The molecule has 1 N–H and O–H groups in total. The maximum absolute atomic E-state index is 13.5. The van der Waals surface area contributed by atoms with Crippen molar-refractivity contribution in [2.75, 3.05) is 20.2 Å². The second-order valence-electron chi connectivity index (χ2n) is 7.47. The quantitative estimate of drug-likeness (QED) is 0.436. The van der Waals surface area contributed by atoms with E-state index in [1.807, 2.05) is 0 Å². The third-order valence-electron chi connectivity index (χ3n) is 5.46. The van der Waals surface area contributed by atoms with Gasteiger partial charge in [-0.05, 0) is 59.3 Å². The number of hydrogen-bond acceptors (Lipinski definition) is 3. The van der Waals surface area contributed by atoms with Crippen molar-refractivity contribution in [2.45, 2.75) is 57.9 Å². The maximum Gasteiger partial charge on any atom is 0.256 e. The Morgan fingerprint density at radius 3 is 2.66 bits per heavy atom. The third-order valence-corrected chi connectivity index (χ3v) is 6.12. The fourth-order valence-electron chi connectivity index (χ4n) is 3.90. The lowest BCUT2D eigenvalue weighted by atomic mass is 9.82. The van der Waals surface area contributed by atoms with E-state index in [1.54, 1.807) is 30.2 Å². The molecule has 1 fully saturated rings. The summed E-state index contributed by atoms with van der Waals surface area (Å²) in [5, 5.41) is 3.03. The summed E-state index contributed by atoms with van der Waals surface area (Å²) < 4.78 is 5.84. The van der Waals surface area contributed by atoms with Crippen molar-refractivity contribution in [2.24, 2.45) is 5.92 Å². The normalized spacial score (nSPS) is 15.2. The van der Waals surface area contributed by atoms with Crippen molar-refractivity contribution in [3.63, 3.8) is 0 Å². The Hall–Kier alpha value is -2.00. The van der Waals surface area contributed by atoms with E-state index in [1.165, 1.54) is 6.42 Å². The predicted octanol–water partition coefficient (Wildman–Crippen LogP) is 4.40. The van der Waals surface area contributed by atoms with Gasteiger partial charge in [-0.3, -0.25) is 9.59 Å². The Labute approximate surface area is 182 Å². The number of carbonyl (C=O) groups is 2. The Morgan fingerprint density at radius 2 is 2.07 bits per heavy atom. The van der Waals surface area contributed by atoms with Crippen molar-refractivity contribution in [1.82, 2.24) is 10.2 Å². The summed E-state index contributed by atoms with van der Waals surface area (Å²) >= 11 is 3.46. The van der Waals surface area contributed by atoms with Gasteiger partial charge in [0.1, 0.15) is 11.8 Å². The zero-order valence-electron chi connectivity index (χ0n) is 17.4. The Morgan fingerprint density at radius 1 is 1.34 bits per heavy atom. The Kier molecular flexibility index (Phi) is 9.53. The van der Waals surface area contributed by atoms with Crippen molar-refractivity contribution < 1.29 is 14.3 Å². The van der Waals surface area contributed by atoms with Gasteiger partial charge in [-0.25, -0.2) is 0 Å². The second kappa shape index (κ2) is 11.9. The maximum atomic E-state index is 13.5. The minimum atomic E-state index is -0.551. The summed E-state index contributed by atoms with van der Waals surface area (Å²) in [5.74, 6) is 3.03. The first-order chi connectivity index (χ1) is 14.0. The number of terminal acetylenes is 1. The first-order valence-corrected chi connectivity index (χ1v) is 11.2. The predicted molar refractivity (Wildman–Crippen MR) is 119 cm³/mol. The van der Waals surface area contributed by atoms with Crippen LogP contribution >= 0.6 is 15.9 Å². The summed E-state index contributed by atoms with van der Waals surface area (Å²) in [6.45, 7) is 2.79. The van der Waals surface area contributed by atoms with Gasteiger partial charge < -0.3 is 15.0 Å². The lowest BCUT2D eigenvalue weighted by molar-refractivity contribution is -0.127. The first-order valence-electron chi connectivity index (χ1n) is 10.4. The van der Waals surface area contributed by atoms with Gasteiger partial charge in [0.05, 0.1) is 19.2 Å². The number of methoxy groups -OCH3 is 1. The molecule has 0 saturated heterocycles. The van der Waals surface area contributed by atoms with Crippen LogP contribution in [0.5, 0.6) is 5.75 Å². The topological polar surface area (TPSA) is 58.6 Å². The molecule has 1 atom stereocenters. The molecule has 6 heteroatoms. The van der Waals surface area contributed by atoms with Gasteiger partial charge in [-0.2, -0.15) is 0 Å². The van der Waals surface area contributed by atoms with Crippen molar-refractivity contribution in [3.05, 3.63) is 28.2 Å². The Balaban J connectivity index is 2.34. The zero-order chi connectivity index (χ0) is 21.2. The molecule has 0 bridgehead atoms. The van der Waals surface area contributed by atoms with Gasteiger partial charge in [0.15, 0.2) is 0 Å². The van der Waals surface area contributed by atoms with Crippen molar-refractivity contribution >= 4 is 27.7 Å². The smallest absolute Gasteiger partial charge is 0.256 e. The van der Waals surface area contributed by atoms with E-state index < -0.39 is 6.04 Å². The molecule has 0 spiro atoms. The molecule has 1 aromatic rings. The number of ether oxygens (including phenoxy) is 1. The average Bonchev–Trinajstić information content (AvgIpc) is 2.73. The van der Waals surface area contributed by atoms with E-state index >= 15 is 0 Å². The van der Waals surface area contributed by atoms with Crippen LogP contribution in [0.4, 0.5) is 0 Å². The highest BCUT2D eigenvalue weighted by Gasteiger charge is 2.37. The molecule has 1 unspecified atom stereocenters. The minimum Gasteiger partial charge on any atom is -0.497 e. The van der Waals surface area contributed by atoms with Gasteiger partial charge >= 0.3 is 0 Å². The van der Waals surface area contributed by atoms with Crippen LogP contribution in [0.15, 0.2) is 22.7 Å². The second-order valence-corrected chi connectivity index (χ2v) is 8.32. The highest BCUT2D eigenvalue weighted by molar-refractivity contribution is 9.10. The molecule has 1 aliphatic carbocycles. The van der Waals surface area contributed by atoms with Crippen LogP contribution in [0.1, 0.15) is 62.2 Å². The van der Waals surface area contributed by atoms with Gasteiger partial charge in [-0.15, -0.1) is 6.42 Å². The monoisotopic (exact) mass is 462 g/mol. The molecule has 2 rings (SSSR count). The fourth-order valence-corrected chi connectivity index (χ4v) is 4.43. The molecule has 158 valence electrons. The number of amides is 2. The number of unbranched alkanes of at least 4 members (excludes halogenated alkanes) is 1. The number of hydrogen-bond donors (Lipinski definition) is 1. The number of carbonyl (C=O) groups excluding carboxylic acids is 2. The first kappa shape index (κ1) is 23.3. The highest BCUT2D eigenvalue weighted by atomic mass is 79.9. The molecule has 0 heterocycles. The van der Waals surface area contributed by atoms with E-state index in [0.29, 0.717) is 22.3 Å². The molecular weight excluding hydrogens is 432 g/mol. The summed E-state index contributed by atoms with van der Waals surface area (Å²) in [4.78, 5) is 28.2. The minimum absolute atomic E-state index is 0.0969. The molecule has 0 aliphatic heterocycles. The molecule has 2 amide bonds. The van der Waals surface area contributed by atoms with Crippen LogP contribution < -0.4 is 10.1 Å². The van der Waals surface area contributed by atoms with Crippen molar-refractivity contribution in [1.29, 1.82) is 0 Å². The molecule has 5 nitrogen and oxygen atoms in total. The summed E-state index contributed by atoms with van der Waals surface area (Å²) in [6, 6.07) is 4.65. The molecular formula is C23H31BrN2O3. The van der Waals surface area contributed by atoms with E-state index in [4.69, 9.17) is 11.2 Å². The van der Waals surface area contributed by atoms with Gasteiger partial charge in [0.2, 0.25) is 5.91 Å². The van der Waals surface area contributed by atoms with Gasteiger partial charge in [0.25, 0.3) is 5.91 Å². The summed E-state index contributed by atoms with van der Waals surface area (Å²) in [7, 11) is 1.58. The molecule has 29 heavy (non-hydrogen) atoms. The number of nitrogens with one attached hydrogen (secondary N) is 1. The van der Waals surface area contributed by atoms with Crippen LogP contribution in [-0.2, 0) is 4.79 Å². The third kappa shape index (κ3) is 6.24. The fraction of sp³-hybridized carbons (Fsp3) is 0.565. The Bertz CT molecular complexity index is 738. The number of rotatable bonds is 9. The standard InChI is InChI=1S/C23H31BrN2O3/c1-4-6-14-25-22(27)21(17-10-8-7-9-11-17)26(15-5-2)23(28)19-13-12-18(29-3)16-20(19)24/h2,12-13,16-17,21H,4,6-11,14-15H2,1,3H3,(H,25,27). The molecule has 1 aliphatic rings. The van der Waals surface area contributed by atoms with Gasteiger partial charge in [0, 0.05) is 11.0 Å². The highest BCUT2D eigenvalue weighted by Crippen LogP contribution is 2.31. The van der Waals surface area contributed by atoms with Gasteiger partial charge in [-0.1, -0.05) is 38.5 Å². The van der Waals surface area contributed by atoms with E-state index in [2.05, 4.69) is 34.1 Å². The number of halogens is 1. The van der Waals surface area contributed by atoms with E-state index in [9.17, 15) is 9.59 Å². The number of benzene rings is 1. The summed E-state index contributed by atoms with van der Waals surface area (Å²) in [6.07, 6.45) is 12.7. The molecule has 1 aromatic carbocycles. The van der Waals surface area contributed by atoms with Crippen LogP contribution in [-0.4, -0.2) is 43.0 Å². The largest absolute Gasteiger partial charge is 0.497 e. The van der Waals surface area contributed by atoms with Crippen LogP contribution in [0.3, 0.4) is 0 Å². The van der Waals surface area contributed by atoms with E-state index in [0.717, 1.165) is 38.5 Å². The lowest BCUT2D eigenvalue weighted by Gasteiger charge is -2.37. The van der Waals surface area contributed by atoms with E-state index in [-0.39, 0.29) is 24.3 Å². The zero-order valence-corrected chi connectivity index (χ0v) is 19.0. The molecule has 0 aromatic heterocycles.